The lowest BCUT2D eigenvalue weighted by Gasteiger charge is -2.29. The molecule has 162 valence electrons. The summed E-state index contributed by atoms with van der Waals surface area (Å²) in [7, 11) is 0. The first-order valence-electron chi connectivity index (χ1n) is 10.4. The molecule has 0 aliphatic carbocycles. The minimum atomic E-state index is -0.642. The minimum Gasteiger partial charge on any atom is -0.484 e. The van der Waals surface area contributed by atoms with Crippen molar-refractivity contribution in [3.05, 3.63) is 64.7 Å². The number of hydrogen-bond donors (Lipinski definition) is 1. The monoisotopic (exact) mass is 430 g/mol. The van der Waals surface area contributed by atoms with Gasteiger partial charge in [0.1, 0.15) is 11.8 Å². The van der Waals surface area contributed by atoms with Gasteiger partial charge in [0, 0.05) is 17.6 Å². The van der Waals surface area contributed by atoms with Crippen LogP contribution in [0.4, 0.5) is 0 Å². The van der Waals surface area contributed by atoms with E-state index in [-0.39, 0.29) is 31.0 Å². The van der Waals surface area contributed by atoms with Gasteiger partial charge in [-0.1, -0.05) is 49.7 Å². The minimum absolute atomic E-state index is 0.0383. The summed E-state index contributed by atoms with van der Waals surface area (Å²) in [5.74, 6) is 0.174. The molecule has 1 N–H and O–H groups in total. The van der Waals surface area contributed by atoms with Gasteiger partial charge in [0.25, 0.3) is 5.91 Å². The molecular weight excluding hydrogens is 400 g/mol. The lowest BCUT2D eigenvalue weighted by atomic mass is 10.1. The quantitative estimate of drug-likeness (QED) is 0.598. The average molecular weight is 431 g/mol. The second-order valence-electron chi connectivity index (χ2n) is 7.43. The van der Waals surface area contributed by atoms with Crippen LogP contribution < -0.4 is 10.1 Å². The van der Waals surface area contributed by atoms with Gasteiger partial charge in [-0.25, -0.2) is 0 Å². The van der Waals surface area contributed by atoms with E-state index in [0.29, 0.717) is 10.8 Å². The van der Waals surface area contributed by atoms with Crippen molar-refractivity contribution < 1.29 is 14.3 Å². The van der Waals surface area contributed by atoms with E-state index in [1.807, 2.05) is 50.2 Å². The van der Waals surface area contributed by atoms with Crippen molar-refractivity contribution in [2.24, 2.45) is 0 Å². The van der Waals surface area contributed by atoms with Crippen LogP contribution >= 0.6 is 11.6 Å². The fourth-order valence-corrected chi connectivity index (χ4v) is 3.14. The molecule has 0 aliphatic rings. The molecule has 0 spiro atoms. The molecule has 0 unspecified atom stereocenters. The SMILES string of the molecule is CCc1ccc(OCC(=O)N(Cc2cccc(Cl)c2)[C@H](C)C(=O)N[C@@H](C)CC)cc1. The second-order valence-corrected chi connectivity index (χ2v) is 7.87. The third-order valence-electron chi connectivity index (χ3n) is 5.10. The van der Waals surface area contributed by atoms with E-state index < -0.39 is 6.04 Å². The first kappa shape index (κ1) is 23.7. The summed E-state index contributed by atoms with van der Waals surface area (Å²) >= 11 is 6.10. The summed E-state index contributed by atoms with van der Waals surface area (Å²) in [6.45, 7) is 7.88. The van der Waals surface area contributed by atoms with Crippen molar-refractivity contribution in [2.75, 3.05) is 6.61 Å². The predicted octanol–water partition coefficient (Wildman–Crippen LogP) is 4.61. The Kier molecular flexibility index (Phi) is 9.18. The van der Waals surface area contributed by atoms with Gasteiger partial charge in [0.2, 0.25) is 5.91 Å². The topological polar surface area (TPSA) is 58.6 Å². The van der Waals surface area contributed by atoms with E-state index >= 15 is 0 Å². The Bertz CT molecular complexity index is 839. The van der Waals surface area contributed by atoms with Gasteiger partial charge in [0.15, 0.2) is 6.61 Å². The molecule has 2 aromatic carbocycles. The maximum Gasteiger partial charge on any atom is 0.261 e. The number of hydrogen-bond acceptors (Lipinski definition) is 3. The van der Waals surface area contributed by atoms with Crippen LogP contribution in [0.3, 0.4) is 0 Å². The van der Waals surface area contributed by atoms with E-state index in [0.717, 1.165) is 18.4 Å². The maximum absolute atomic E-state index is 13.0. The number of nitrogens with one attached hydrogen (secondary N) is 1. The highest BCUT2D eigenvalue weighted by Gasteiger charge is 2.27. The number of amides is 2. The van der Waals surface area contributed by atoms with Crippen LogP contribution in [0.15, 0.2) is 48.5 Å². The van der Waals surface area contributed by atoms with Crippen LogP contribution in [0.25, 0.3) is 0 Å². The van der Waals surface area contributed by atoms with E-state index in [1.54, 1.807) is 19.1 Å². The smallest absolute Gasteiger partial charge is 0.261 e. The van der Waals surface area contributed by atoms with E-state index in [9.17, 15) is 9.59 Å². The molecule has 5 nitrogen and oxygen atoms in total. The summed E-state index contributed by atoms with van der Waals surface area (Å²) < 4.78 is 5.69. The number of carbonyl (C=O) groups is 2. The van der Waals surface area contributed by atoms with Gasteiger partial charge in [-0.3, -0.25) is 9.59 Å². The normalized spacial score (nSPS) is 12.7. The number of halogens is 1. The van der Waals surface area contributed by atoms with Crippen molar-refractivity contribution in [1.82, 2.24) is 10.2 Å². The van der Waals surface area contributed by atoms with Crippen LogP contribution in [-0.4, -0.2) is 35.4 Å². The van der Waals surface area contributed by atoms with Crippen LogP contribution in [0.2, 0.25) is 5.02 Å². The molecular formula is C24H31ClN2O3. The van der Waals surface area contributed by atoms with Crippen molar-refractivity contribution in [3.63, 3.8) is 0 Å². The number of carbonyl (C=O) groups excluding carboxylic acids is 2. The lowest BCUT2D eigenvalue weighted by molar-refractivity contribution is -0.142. The third-order valence-corrected chi connectivity index (χ3v) is 5.34. The highest BCUT2D eigenvalue weighted by atomic mass is 35.5. The molecule has 0 bridgehead atoms. The van der Waals surface area contributed by atoms with Gasteiger partial charge >= 0.3 is 0 Å². The average Bonchev–Trinajstić information content (AvgIpc) is 2.75. The van der Waals surface area contributed by atoms with Crippen LogP contribution in [0.1, 0.15) is 45.2 Å². The Morgan fingerprint density at radius 3 is 2.37 bits per heavy atom. The van der Waals surface area contributed by atoms with Crippen LogP contribution in [-0.2, 0) is 22.6 Å². The molecule has 0 fully saturated rings. The first-order chi connectivity index (χ1) is 14.3. The molecule has 2 aromatic rings. The number of aryl methyl sites for hydroxylation is 1. The molecule has 6 heteroatoms. The summed E-state index contributed by atoms with van der Waals surface area (Å²) in [6.07, 6.45) is 1.76. The van der Waals surface area contributed by atoms with E-state index in [4.69, 9.17) is 16.3 Å². The first-order valence-corrected chi connectivity index (χ1v) is 10.8. The molecule has 0 heterocycles. The lowest BCUT2D eigenvalue weighted by Crippen LogP contribution is -2.50. The largest absolute Gasteiger partial charge is 0.484 e. The molecule has 0 aromatic heterocycles. The predicted molar refractivity (Wildman–Crippen MR) is 121 cm³/mol. The summed E-state index contributed by atoms with van der Waals surface area (Å²) in [4.78, 5) is 27.2. The van der Waals surface area contributed by atoms with Crippen LogP contribution in [0, 0.1) is 0 Å². The van der Waals surface area contributed by atoms with Crippen molar-refractivity contribution in [2.45, 2.75) is 59.2 Å². The molecule has 2 rings (SSSR count). The highest BCUT2D eigenvalue weighted by Crippen LogP contribution is 2.16. The van der Waals surface area contributed by atoms with Crippen LogP contribution in [0.5, 0.6) is 5.75 Å². The summed E-state index contributed by atoms with van der Waals surface area (Å²) in [6, 6.07) is 14.3. The zero-order chi connectivity index (χ0) is 22.1. The Labute approximate surface area is 184 Å². The number of ether oxygens (including phenoxy) is 1. The highest BCUT2D eigenvalue weighted by molar-refractivity contribution is 6.30. The van der Waals surface area contributed by atoms with Gasteiger partial charge in [-0.15, -0.1) is 0 Å². The molecule has 2 atom stereocenters. The van der Waals surface area contributed by atoms with E-state index in [1.165, 1.54) is 10.5 Å². The number of nitrogens with zero attached hydrogens (tertiary/aromatic N) is 1. The molecule has 0 radical (unpaired) electrons. The van der Waals surface area contributed by atoms with Crippen molar-refractivity contribution in [3.8, 4) is 5.75 Å². The standard InChI is InChI=1S/C24H31ClN2O3/c1-5-17(3)26-24(29)18(4)27(15-20-8-7-9-21(25)14-20)23(28)16-30-22-12-10-19(6-2)11-13-22/h7-14,17-18H,5-6,15-16H2,1-4H3,(H,26,29)/t17-,18+/m0/s1. The third kappa shape index (κ3) is 7.06. The zero-order valence-electron chi connectivity index (χ0n) is 18.2. The number of benzene rings is 2. The van der Waals surface area contributed by atoms with Gasteiger partial charge < -0.3 is 15.0 Å². The second kappa shape index (κ2) is 11.6. The molecule has 0 aliphatic heterocycles. The molecule has 0 saturated carbocycles. The fraction of sp³-hybridized carbons (Fsp3) is 0.417. The van der Waals surface area contributed by atoms with Crippen molar-refractivity contribution in [1.29, 1.82) is 0 Å². The maximum atomic E-state index is 13.0. The summed E-state index contributed by atoms with van der Waals surface area (Å²) in [5.41, 5.74) is 2.05. The Morgan fingerprint density at radius 2 is 1.77 bits per heavy atom. The molecule has 0 saturated heterocycles. The Morgan fingerprint density at radius 1 is 1.07 bits per heavy atom. The molecule has 30 heavy (non-hydrogen) atoms. The van der Waals surface area contributed by atoms with Crippen molar-refractivity contribution >= 4 is 23.4 Å². The van der Waals surface area contributed by atoms with Gasteiger partial charge in [0.05, 0.1) is 0 Å². The van der Waals surface area contributed by atoms with Gasteiger partial charge in [-0.2, -0.15) is 0 Å². The Balaban J connectivity index is 2.13. The number of rotatable bonds is 10. The zero-order valence-corrected chi connectivity index (χ0v) is 18.9. The van der Waals surface area contributed by atoms with Gasteiger partial charge in [-0.05, 0) is 62.1 Å². The summed E-state index contributed by atoms with van der Waals surface area (Å²) in [5, 5.41) is 3.54. The van der Waals surface area contributed by atoms with E-state index in [2.05, 4.69) is 12.2 Å². The fourth-order valence-electron chi connectivity index (χ4n) is 2.93. The Hall–Kier alpha value is -2.53. The molecule has 2 amide bonds.